The molecule has 1 amide bonds. The van der Waals surface area contributed by atoms with Gasteiger partial charge < -0.3 is 21.3 Å². The Balaban J connectivity index is 3.76. The van der Waals surface area contributed by atoms with E-state index in [0.29, 0.717) is 6.42 Å². The second-order valence-corrected chi connectivity index (χ2v) is 2.61. The molecule has 5 N–H and O–H groups in total. The average Bonchev–Trinajstić information content (AvgIpc) is 2.11. The lowest BCUT2D eigenvalue weighted by atomic mass is 10.2. The molecule has 13 heavy (non-hydrogen) atoms. The minimum Gasteiger partial charge on any atom is -0.479 e. The second-order valence-electron chi connectivity index (χ2n) is 2.61. The Morgan fingerprint density at radius 3 is 2.46 bits per heavy atom. The lowest BCUT2D eigenvalue weighted by molar-refractivity contribution is -0.146. The van der Waals surface area contributed by atoms with Crippen LogP contribution in [0.5, 0.6) is 0 Å². The Kier molecular flexibility index (Phi) is 5.01. The Bertz CT molecular complexity index is 195. The molecule has 0 bridgehead atoms. The van der Waals surface area contributed by atoms with E-state index >= 15 is 0 Å². The molecule has 0 saturated heterocycles. The average molecular weight is 190 g/mol. The summed E-state index contributed by atoms with van der Waals surface area (Å²) in [4.78, 5) is 21.1. The number of amides is 1. The molecule has 2 atom stereocenters. The molecule has 0 heterocycles. The molecule has 6 heteroatoms. The number of carboxylic acids is 1. The minimum absolute atomic E-state index is 0.318. The van der Waals surface area contributed by atoms with Crippen LogP contribution in [-0.4, -0.2) is 40.8 Å². The summed E-state index contributed by atoms with van der Waals surface area (Å²) in [6, 6.07) is -0.652. The first-order valence-electron chi connectivity index (χ1n) is 3.93. The smallest absolute Gasteiger partial charge is 0.334 e. The van der Waals surface area contributed by atoms with Gasteiger partial charge >= 0.3 is 5.97 Å². The predicted octanol–water partition coefficient (Wildman–Crippen LogP) is -1.71. The molecule has 0 rings (SSSR count). The summed E-state index contributed by atoms with van der Waals surface area (Å²) in [7, 11) is 0. The third kappa shape index (κ3) is 4.44. The number of aliphatic carboxylic acids is 1. The van der Waals surface area contributed by atoms with E-state index in [9.17, 15) is 9.59 Å². The summed E-state index contributed by atoms with van der Waals surface area (Å²) in [6.45, 7) is 1.42. The van der Waals surface area contributed by atoms with Gasteiger partial charge in [0.05, 0.1) is 12.6 Å². The number of hydrogen-bond acceptors (Lipinski definition) is 4. The summed E-state index contributed by atoms with van der Waals surface area (Å²) in [6.07, 6.45) is -1.11. The lowest BCUT2D eigenvalue weighted by Gasteiger charge is -2.11. The minimum atomic E-state index is -1.58. The molecule has 0 radical (unpaired) electrons. The molecular formula is C7H14N2O4. The number of carbonyl (C=O) groups is 2. The maximum atomic E-state index is 11.0. The van der Waals surface area contributed by atoms with Gasteiger partial charge in [-0.2, -0.15) is 0 Å². The largest absolute Gasteiger partial charge is 0.479 e. The van der Waals surface area contributed by atoms with E-state index in [2.05, 4.69) is 5.32 Å². The highest BCUT2D eigenvalue weighted by atomic mass is 16.4. The molecule has 0 aliphatic carbocycles. The lowest BCUT2D eigenvalue weighted by Crippen LogP contribution is -2.44. The summed E-state index contributed by atoms with van der Waals surface area (Å²) < 4.78 is 0. The van der Waals surface area contributed by atoms with E-state index in [4.69, 9.17) is 15.9 Å². The van der Waals surface area contributed by atoms with Crippen LogP contribution < -0.4 is 11.1 Å². The summed E-state index contributed by atoms with van der Waals surface area (Å²) in [5, 5.41) is 19.3. The van der Waals surface area contributed by atoms with Crippen LogP contribution >= 0.6 is 0 Å². The molecule has 6 nitrogen and oxygen atoms in total. The zero-order valence-electron chi connectivity index (χ0n) is 7.36. The molecule has 0 aliphatic rings. The van der Waals surface area contributed by atoms with Crippen LogP contribution in [0, 0.1) is 0 Å². The standard InChI is InChI=1S/C7H14N2O4/c1-2-4(8)6(11)9-3-5(10)7(12)13/h4-5,10H,2-3,8H2,1H3,(H,9,11)(H,12,13)/t4-,5-/m0/s1. The summed E-state index contributed by atoms with van der Waals surface area (Å²) in [5.74, 6) is -1.83. The normalized spacial score (nSPS) is 14.7. The topological polar surface area (TPSA) is 113 Å². The number of nitrogens with two attached hydrogens (primary N) is 1. The van der Waals surface area contributed by atoms with Gasteiger partial charge in [0.2, 0.25) is 5.91 Å². The molecule has 0 fully saturated rings. The van der Waals surface area contributed by atoms with Crippen LogP contribution in [0.3, 0.4) is 0 Å². The van der Waals surface area contributed by atoms with Crippen LogP contribution in [0.15, 0.2) is 0 Å². The third-order valence-corrected chi connectivity index (χ3v) is 1.53. The van der Waals surface area contributed by atoms with Crippen molar-refractivity contribution in [2.45, 2.75) is 25.5 Å². The molecule has 0 saturated carbocycles. The van der Waals surface area contributed by atoms with E-state index in [0.717, 1.165) is 0 Å². The predicted molar refractivity (Wildman–Crippen MR) is 44.9 cm³/mol. The van der Waals surface area contributed by atoms with Crippen molar-refractivity contribution < 1.29 is 19.8 Å². The van der Waals surface area contributed by atoms with Gasteiger partial charge in [-0.15, -0.1) is 0 Å². The van der Waals surface area contributed by atoms with Crippen molar-refractivity contribution in [2.75, 3.05) is 6.54 Å². The Morgan fingerprint density at radius 2 is 2.08 bits per heavy atom. The van der Waals surface area contributed by atoms with Crippen molar-refractivity contribution in [3.05, 3.63) is 0 Å². The van der Waals surface area contributed by atoms with Gasteiger partial charge in [0, 0.05) is 0 Å². The monoisotopic (exact) mass is 190 g/mol. The number of hydrogen-bond donors (Lipinski definition) is 4. The molecule has 0 aromatic heterocycles. The number of carboxylic acid groups (broad SMARTS) is 1. The highest BCUT2D eigenvalue weighted by Crippen LogP contribution is 1.86. The van der Waals surface area contributed by atoms with E-state index < -0.39 is 24.0 Å². The molecule has 0 unspecified atom stereocenters. The molecule has 76 valence electrons. The van der Waals surface area contributed by atoms with Crippen LogP contribution in [0.2, 0.25) is 0 Å². The first kappa shape index (κ1) is 11.9. The number of aliphatic hydroxyl groups is 1. The molecule has 0 aromatic rings. The van der Waals surface area contributed by atoms with Crippen molar-refractivity contribution in [1.82, 2.24) is 5.32 Å². The highest BCUT2D eigenvalue weighted by Gasteiger charge is 2.16. The van der Waals surface area contributed by atoms with Crippen LogP contribution in [0.4, 0.5) is 0 Å². The number of rotatable bonds is 5. The third-order valence-electron chi connectivity index (χ3n) is 1.53. The van der Waals surface area contributed by atoms with Crippen molar-refractivity contribution in [3.63, 3.8) is 0 Å². The van der Waals surface area contributed by atoms with Gasteiger partial charge in [0.25, 0.3) is 0 Å². The van der Waals surface area contributed by atoms with Crippen LogP contribution in [0.25, 0.3) is 0 Å². The fraction of sp³-hybridized carbons (Fsp3) is 0.714. The maximum absolute atomic E-state index is 11.0. The van der Waals surface area contributed by atoms with Gasteiger partial charge in [0.1, 0.15) is 0 Å². The number of nitrogens with one attached hydrogen (secondary N) is 1. The van der Waals surface area contributed by atoms with Crippen molar-refractivity contribution in [1.29, 1.82) is 0 Å². The van der Waals surface area contributed by atoms with Crippen LogP contribution in [0.1, 0.15) is 13.3 Å². The zero-order chi connectivity index (χ0) is 10.4. The Labute approximate surface area is 75.7 Å². The van der Waals surface area contributed by atoms with E-state index in [1.807, 2.05) is 0 Å². The fourth-order valence-electron chi connectivity index (χ4n) is 0.601. The molecule has 0 aromatic carbocycles. The van der Waals surface area contributed by atoms with Crippen molar-refractivity contribution >= 4 is 11.9 Å². The first-order valence-corrected chi connectivity index (χ1v) is 3.93. The van der Waals surface area contributed by atoms with Crippen LogP contribution in [-0.2, 0) is 9.59 Å². The highest BCUT2D eigenvalue weighted by molar-refractivity contribution is 5.82. The number of aliphatic hydroxyl groups excluding tert-OH is 1. The molecule has 0 aliphatic heterocycles. The molecule has 0 spiro atoms. The summed E-state index contributed by atoms with van der Waals surface area (Å²) >= 11 is 0. The van der Waals surface area contributed by atoms with Gasteiger partial charge in [-0.1, -0.05) is 6.92 Å². The Hall–Kier alpha value is -1.14. The first-order chi connectivity index (χ1) is 5.99. The van der Waals surface area contributed by atoms with E-state index in [-0.39, 0.29) is 6.54 Å². The van der Waals surface area contributed by atoms with Gasteiger partial charge in [-0.3, -0.25) is 4.79 Å². The van der Waals surface area contributed by atoms with E-state index in [1.54, 1.807) is 6.92 Å². The van der Waals surface area contributed by atoms with Crippen molar-refractivity contribution in [3.8, 4) is 0 Å². The Morgan fingerprint density at radius 1 is 1.54 bits per heavy atom. The van der Waals surface area contributed by atoms with Gasteiger partial charge in [-0.05, 0) is 6.42 Å². The van der Waals surface area contributed by atoms with Gasteiger partial charge in [-0.25, -0.2) is 4.79 Å². The quantitative estimate of drug-likeness (QED) is 0.412. The fourth-order valence-corrected chi connectivity index (χ4v) is 0.601. The SMILES string of the molecule is CC[C@H](N)C(=O)NC[C@H](O)C(=O)O. The van der Waals surface area contributed by atoms with Crippen molar-refractivity contribution in [2.24, 2.45) is 5.73 Å². The number of carbonyl (C=O) groups excluding carboxylic acids is 1. The summed E-state index contributed by atoms with van der Waals surface area (Å²) in [5.41, 5.74) is 5.34. The molecular weight excluding hydrogens is 176 g/mol. The zero-order valence-corrected chi connectivity index (χ0v) is 7.36. The van der Waals surface area contributed by atoms with E-state index in [1.165, 1.54) is 0 Å². The van der Waals surface area contributed by atoms with Gasteiger partial charge in [0.15, 0.2) is 6.10 Å². The maximum Gasteiger partial charge on any atom is 0.334 e. The second kappa shape index (κ2) is 5.50.